The summed E-state index contributed by atoms with van der Waals surface area (Å²) in [4.78, 5) is 4.16. The summed E-state index contributed by atoms with van der Waals surface area (Å²) in [6.45, 7) is 3.85. The van der Waals surface area contributed by atoms with E-state index in [4.69, 9.17) is 16.0 Å². The van der Waals surface area contributed by atoms with Gasteiger partial charge in [0.1, 0.15) is 5.82 Å². The van der Waals surface area contributed by atoms with E-state index in [0.717, 1.165) is 11.1 Å². The molecule has 0 unspecified atom stereocenters. The molecule has 0 saturated heterocycles. The zero-order valence-corrected chi connectivity index (χ0v) is 18.3. The number of hydrogen-bond donors (Lipinski definition) is 1. The van der Waals surface area contributed by atoms with E-state index in [-0.39, 0.29) is 27.3 Å². The lowest BCUT2D eigenvalue weighted by Gasteiger charge is -2.08. The minimum atomic E-state index is -4.08. The van der Waals surface area contributed by atoms with Gasteiger partial charge in [0.2, 0.25) is 26.6 Å². The van der Waals surface area contributed by atoms with Gasteiger partial charge in [0.15, 0.2) is 0 Å². The van der Waals surface area contributed by atoms with Gasteiger partial charge in [-0.15, -0.1) is 0 Å². The number of anilines is 2. The second-order valence-corrected chi connectivity index (χ2v) is 9.39. The molecule has 0 amide bonds. The topological polar surface area (TPSA) is 72.2 Å². The highest BCUT2D eigenvalue weighted by atomic mass is 35.5. The van der Waals surface area contributed by atoms with E-state index in [1.807, 2.05) is 32.0 Å². The summed E-state index contributed by atoms with van der Waals surface area (Å²) in [5.74, 6) is -0.812. The molecule has 0 atom stereocenters. The third-order valence-corrected chi connectivity index (χ3v) is 6.49. The fourth-order valence-corrected chi connectivity index (χ4v) is 4.60. The number of nitrogens with one attached hydrogen (secondary N) is 1. The maximum Gasteiger partial charge on any atom is 0.238 e. The fourth-order valence-electron chi connectivity index (χ4n) is 3.22. The van der Waals surface area contributed by atoms with Crippen LogP contribution >= 0.6 is 11.6 Å². The summed E-state index contributed by atoms with van der Waals surface area (Å²) in [5, 5.41) is 3.06. The molecule has 0 spiro atoms. The predicted molar refractivity (Wildman–Crippen MR) is 118 cm³/mol. The number of aromatic nitrogens is 1. The van der Waals surface area contributed by atoms with Crippen LogP contribution in [0.25, 0.3) is 11.5 Å². The van der Waals surface area contributed by atoms with Crippen LogP contribution in [0.4, 0.5) is 16.0 Å². The largest absolute Gasteiger partial charge is 0.419 e. The zero-order chi connectivity index (χ0) is 22.2. The molecule has 0 bridgehead atoms. The molecule has 8 heteroatoms. The maximum atomic E-state index is 14.3. The third-order valence-electron chi connectivity index (χ3n) is 4.56. The van der Waals surface area contributed by atoms with E-state index in [1.54, 1.807) is 6.07 Å². The molecule has 158 valence electrons. The van der Waals surface area contributed by atoms with Gasteiger partial charge in [0.05, 0.1) is 10.5 Å². The molecule has 0 aliphatic heterocycles. The molecule has 0 aliphatic rings. The number of rotatable bonds is 5. The van der Waals surface area contributed by atoms with Crippen LogP contribution in [0, 0.1) is 19.7 Å². The standard InChI is InChI=1S/C23H18ClFN2O3S/c1-14-11-15(2)13-17(12-14)26-22-23(31(28,29)18-9-7-16(24)8-10-18)27-21(30-22)19-5-3-4-6-20(19)25/h3-13,26H,1-2H3. The molecule has 5 nitrogen and oxygen atoms in total. The Bertz CT molecular complexity index is 1350. The molecule has 3 aromatic carbocycles. The van der Waals surface area contributed by atoms with Crippen LogP contribution in [0.15, 0.2) is 81.1 Å². The van der Waals surface area contributed by atoms with Crippen molar-refractivity contribution in [2.75, 3.05) is 5.32 Å². The molecule has 0 aliphatic carbocycles. The van der Waals surface area contributed by atoms with Crippen molar-refractivity contribution in [3.63, 3.8) is 0 Å². The molecule has 0 fully saturated rings. The normalized spacial score (nSPS) is 11.5. The van der Waals surface area contributed by atoms with Gasteiger partial charge in [-0.05, 0) is 73.5 Å². The maximum absolute atomic E-state index is 14.3. The Labute approximate surface area is 184 Å². The number of benzene rings is 3. The predicted octanol–water partition coefficient (Wildman–Crippen LogP) is 6.33. The van der Waals surface area contributed by atoms with E-state index in [9.17, 15) is 12.8 Å². The summed E-state index contributed by atoms with van der Waals surface area (Å²) in [5.41, 5.74) is 2.65. The number of nitrogens with zero attached hydrogens (tertiary/aromatic N) is 1. The summed E-state index contributed by atoms with van der Waals surface area (Å²) in [6.07, 6.45) is 0. The fraction of sp³-hybridized carbons (Fsp3) is 0.0870. The van der Waals surface area contributed by atoms with Crippen molar-refractivity contribution in [1.82, 2.24) is 4.98 Å². The highest BCUT2D eigenvalue weighted by Gasteiger charge is 2.29. The Morgan fingerprint density at radius 3 is 2.26 bits per heavy atom. The zero-order valence-electron chi connectivity index (χ0n) is 16.7. The average molecular weight is 457 g/mol. The average Bonchev–Trinajstić information content (AvgIpc) is 3.12. The van der Waals surface area contributed by atoms with Gasteiger partial charge >= 0.3 is 0 Å². The molecule has 1 heterocycles. The van der Waals surface area contributed by atoms with E-state index < -0.39 is 15.7 Å². The van der Waals surface area contributed by atoms with Crippen molar-refractivity contribution < 1.29 is 17.2 Å². The van der Waals surface area contributed by atoms with Crippen molar-refractivity contribution >= 4 is 33.0 Å². The molecular weight excluding hydrogens is 439 g/mol. The first-order chi connectivity index (χ1) is 14.7. The van der Waals surface area contributed by atoms with Crippen molar-refractivity contribution in [3.8, 4) is 11.5 Å². The van der Waals surface area contributed by atoms with Crippen LogP contribution in [0.1, 0.15) is 11.1 Å². The molecular formula is C23H18ClFN2O3S. The number of hydrogen-bond acceptors (Lipinski definition) is 5. The van der Waals surface area contributed by atoms with Crippen LogP contribution in [-0.4, -0.2) is 13.4 Å². The monoisotopic (exact) mass is 456 g/mol. The van der Waals surface area contributed by atoms with Gasteiger partial charge in [-0.1, -0.05) is 29.8 Å². The van der Waals surface area contributed by atoms with E-state index in [1.165, 1.54) is 42.5 Å². The number of sulfone groups is 1. The smallest absolute Gasteiger partial charge is 0.238 e. The lowest BCUT2D eigenvalue weighted by molar-refractivity contribution is 0.572. The first-order valence-electron chi connectivity index (χ1n) is 9.36. The quantitative estimate of drug-likeness (QED) is 0.380. The van der Waals surface area contributed by atoms with Crippen LogP contribution in [-0.2, 0) is 9.84 Å². The Balaban J connectivity index is 1.88. The van der Waals surface area contributed by atoms with Crippen LogP contribution < -0.4 is 5.32 Å². The second-order valence-electron chi connectivity index (χ2n) is 7.09. The molecule has 4 rings (SSSR count). The van der Waals surface area contributed by atoms with Crippen molar-refractivity contribution in [3.05, 3.63) is 88.7 Å². The Kier molecular flexibility index (Phi) is 5.56. The molecule has 4 aromatic rings. The van der Waals surface area contributed by atoms with Gasteiger partial charge in [-0.3, -0.25) is 0 Å². The lowest BCUT2D eigenvalue weighted by atomic mass is 10.1. The summed E-state index contributed by atoms with van der Waals surface area (Å²) >= 11 is 5.89. The molecule has 0 saturated carbocycles. The third kappa shape index (κ3) is 4.33. The van der Waals surface area contributed by atoms with Gasteiger partial charge in [-0.2, -0.15) is 4.98 Å². The number of oxazole rings is 1. The van der Waals surface area contributed by atoms with Crippen LogP contribution in [0.2, 0.25) is 5.02 Å². The first-order valence-corrected chi connectivity index (χ1v) is 11.2. The Morgan fingerprint density at radius 1 is 0.968 bits per heavy atom. The number of aryl methyl sites for hydroxylation is 2. The second kappa shape index (κ2) is 8.17. The summed E-state index contributed by atoms with van der Waals surface area (Å²) < 4.78 is 46.7. The highest BCUT2D eigenvalue weighted by molar-refractivity contribution is 7.91. The van der Waals surface area contributed by atoms with Gasteiger partial charge in [0.25, 0.3) is 0 Å². The molecule has 0 radical (unpaired) electrons. The van der Waals surface area contributed by atoms with Crippen LogP contribution in [0.3, 0.4) is 0 Å². The van der Waals surface area contributed by atoms with Gasteiger partial charge < -0.3 is 9.73 Å². The highest BCUT2D eigenvalue weighted by Crippen LogP contribution is 2.35. The lowest BCUT2D eigenvalue weighted by Crippen LogP contribution is -2.05. The summed E-state index contributed by atoms with van der Waals surface area (Å²) in [6, 6.07) is 17.3. The molecule has 1 N–H and O–H groups in total. The van der Waals surface area contributed by atoms with E-state index in [2.05, 4.69) is 10.3 Å². The minimum Gasteiger partial charge on any atom is -0.419 e. The SMILES string of the molecule is Cc1cc(C)cc(Nc2oc(-c3ccccc3F)nc2S(=O)(=O)c2ccc(Cl)cc2)c1. The van der Waals surface area contributed by atoms with Crippen molar-refractivity contribution in [2.24, 2.45) is 0 Å². The van der Waals surface area contributed by atoms with Gasteiger partial charge in [0, 0.05) is 10.7 Å². The van der Waals surface area contributed by atoms with Gasteiger partial charge in [-0.25, -0.2) is 12.8 Å². The Morgan fingerprint density at radius 2 is 1.61 bits per heavy atom. The molecule has 31 heavy (non-hydrogen) atoms. The Hall–Kier alpha value is -3.16. The van der Waals surface area contributed by atoms with E-state index >= 15 is 0 Å². The van der Waals surface area contributed by atoms with E-state index in [0.29, 0.717) is 10.7 Å². The van der Waals surface area contributed by atoms with Crippen molar-refractivity contribution in [2.45, 2.75) is 23.8 Å². The minimum absolute atomic E-state index is 0.00578. The first kappa shape index (κ1) is 21.1. The number of halogens is 2. The van der Waals surface area contributed by atoms with Crippen molar-refractivity contribution in [1.29, 1.82) is 0 Å². The molecule has 1 aromatic heterocycles. The summed E-state index contributed by atoms with van der Waals surface area (Å²) in [7, 11) is -4.08. The van der Waals surface area contributed by atoms with Crippen LogP contribution in [0.5, 0.6) is 0 Å².